The molecule has 0 aliphatic rings. The molecule has 1 heterocycles. The number of nitrogens with zero attached hydrogens (tertiary/aromatic N) is 1. The van der Waals surface area contributed by atoms with Crippen molar-refractivity contribution in [2.75, 3.05) is 4.90 Å². The minimum absolute atomic E-state index is 0.870. The standard InChI is InChI=1S/C36H25NO/c1-3-15-27(16-4-1)35-31-22-10-12-25-34(31)38-36(35)30-21-9-11-23-33(30)37(28-18-5-2-6-19-28)32-24-13-17-26-14-7-8-20-29(26)32/h1-25H. The SMILES string of the molecule is c1ccc(-c2c(-c3ccccc3N(c3ccccc3)c3cccc4ccccc34)oc3ccccc23)cc1. The summed E-state index contributed by atoms with van der Waals surface area (Å²) in [4.78, 5) is 2.35. The predicted octanol–water partition coefficient (Wildman–Crippen LogP) is 10.4. The van der Waals surface area contributed by atoms with Crippen LogP contribution in [0.15, 0.2) is 156 Å². The molecule has 7 rings (SSSR count). The van der Waals surface area contributed by atoms with Crippen molar-refractivity contribution in [3.8, 4) is 22.5 Å². The maximum Gasteiger partial charge on any atom is 0.145 e. The fourth-order valence-electron chi connectivity index (χ4n) is 5.38. The van der Waals surface area contributed by atoms with E-state index in [2.05, 4.69) is 144 Å². The molecule has 0 atom stereocenters. The van der Waals surface area contributed by atoms with E-state index >= 15 is 0 Å². The first-order valence-electron chi connectivity index (χ1n) is 12.9. The van der Waals surface area contributed by atoms with Crippen molar-refractivity contribution in [1.82, 2.24) is 0 Å². The molecule has 6 aromatic carbocycles. The third-order valence-electron chi connectivity index (χ3n) is 7.07. The van der Waals surface area contributed by atoms with Gasteiger partial charge >= 0.3 is 0 Å². The summed E-state index contributed by atoms with van der Waals surface area (Å²) >= 11 is 0. The van der Waals surface area contributed by atoms with E-state index in [0.29, 0.717) is 0 Å². The summed E-state index contributed by atoms with van der Waals surface area (Å²) in [5.74, 6) is 0.870. The van der Waals surface area contributed by atoms with Gasteiger partial charge < -0.3 is 9.32 Å². The van der Waals surface area contributed by atoms with Gasteiger partial charge in [0.25, 0.3) is 0 Å². The van der Waals surface area contributed by atoms with Gasteiger partial charge in [-0.1, -0.05) is 115 Å². The van der Waals surface area contributed by atoms with Crippen LogP contribution in [0, 0.1) is 0 Å². The Hall–Kier alpha value is -5.08. The minimum Gasteiger partial charge on any atom is -0.455 e. The third kappa shape index (κ3) is 3.75. The van der Waals surface area contributed by atoms with E-state index in [-0.39, 0.29) is 0 Å². The fraction of sp³-hybridized carbons (Fsp3) is 0. The molecule has 0 fully saturated rings. The van der Waals surface area contributed by atoms with E-state index in [0.717, 1.165) is 50.5 Å². The molecule has 2 nitrogen and oxygen atoms in total. The van der Waals surface area contributed by atoms with Gasteiger partial charge in [0.1, 0.15) is 11.3 Å². The average molecular weight is 488 g/mol. The molecule has 0 N–H and O–H groups in total. The molecular weight excluding hydrogens is 462 g/mol. The Balaban J connectivity index is 1.54. The lowest BCUT2D eigenvalue weighted by molar-refractivity contribution is 0.632. The van der Waals surface area contributed by atoms with Gasteiger partial charge in [-0.3, -0.25) is 0 Å². The van der Waals surface area contributed by atoms with Crippen LogP contribution in [0.5, 0.6) is 0 Å². The fourth-order valence-corrected chi connectivity index (χ4v) is 5.38. The highest BCUT2D eigenvalue weighted by Gasteiger charge is 2.24. The van der Waals surface area contributed by atoms with Crippen LogP contribution >= 0.6 is 0 Å². The Kier molecular flexibility index (Phi) is 5.49. The van der Waals surface area contributed by atoms with Crippen molar-refractivity contribution in [3.05, 3.63) is 152 Å². The van der Waals surface area contributed by atoms with Gasteiger partial charge in [0, 0.05) is 27.6 Å². The summed E-state index contributed by atoms with van der Waals surface area (Å²) in [6.45, 7) is 0. The van der Waals surface area contributed by atoms with Gasteiger partial charge in [0.05, 0.1) is 11.4 Å². The number of hydrogen-bond acceptors (Lipinski definition) is 2. The smallest absolute Gasteiger partial charge is 0.145 e. The molecule has 2 heteroatoms. The second-order valence-electron chi connectivity index (χ2n) is 9.35. The van der Waals surface area contributed by atoms with Crippen LogP contribution in [0.1, 0.15) is 0 Å². The van der Waals surface area contributed by atoms with Crippen LogP contribution in [0.3, 0.4) is 0 Å². The predicted molar refractivity (Wildman–Crippen MR) is 159 cm³/mol. The van der Waals surface area contributed by atoms with Crippen LogP contribution in [0.4, 0.5) is 17.1 Å². The highest BCUT2D eigenvalue weighted by atomic mass is 16.3. The van der Waals surface area contributed by atoms with Crippen LogP contribution < -0.4 is 4.90 Å². The van der Waals surface area contributed by atoms with Crippen molar-refractivity contribution in [2.24, 2.45) is 0 Å². The van der Waals surface area contributed by atoms with Crippen LogP contribution in [0.25, 0.3) is 44.2 Å². The highest BCUT2D eigenvalue weighted by molar-refractivity contribution is 6.06. The van der Waals surface area contributed by atoms with Gasteiger partial charge in [-0.25, -0.2) is 0 Å². The Bertz CT molecular complexity index is 1860. The molecule has 0 bridgehead atoms. The van der Waals surface area contributed by atoms with Crippen molar-refractivity contribution in [3.63, 3.8) is 0 Å². The normalized spacial score (nSPS) is 11.2. The molecule has 0 unspecified atom stereocenters. The number of rotatable bonds is 5. The molecule has 7 aromatic rings. The highest BCUT2D eigenvalue weighted by Crippen LogP contribution is 2.47. The van der Waals surface area contributed by atoms with Crippen molar-refractivity contribution >= 4 is 38.8 Å². The van der Waals surface area contributed by atoms with E-state index in [1.54, 1.807) is 0 Å². The molecular formula is C36H25NO. The van der Waals surface area contributed by atoms with Crippen LogP contribution in [0.2, 0.25) is 0 Å². The lowest BCUT2D eigenvalue weighted by atomic mass is 9.97. The molecule has 180 valence electrons. The number of benzene rings is 6. The quantitative estimate of drug-likeness (QED) is 0.240. The molecule has 0 saturated heterocycles. The van der Waals surface area contributed by atoms with E-state index in [9.17, 15) is 0 Å². The van der Waals surface area contributed by atoms with Crippen molar-refractivity contribution in [1.29, 1.82) is 0 Å². The van der Waals surface area contributed by atoms with Gasteiger partial charge in [-0.15, -0.1) is 0 Å². The first kappa shape index (κ1) is 22.1. The molecule has 0 aliphatic carbocycles. The van der Waals surface area contributed by atoms with E-state index in [1.807, 2.05) is 12.1 Å². The topological polar surface area (TPSA) is 16.4 Å². The van der Waals surface area contributed by atoms with Gasteiger partial charge in [-0.2, -0.15) is 0 Å². The Morgan fingerprint density at radius 3 is 1.89 bits per heavy atom. The molecule has 0 amide bonds. The van der Waals surface area contributed by atoms with Gasteiger partial charge in [0.2, 0.25) is 0 Å². The van der Waals surface area contributed by atoms with Crippen LogP contribution in [-0.4, -0.2) is 0 Å². The van der Waals surface area contributed by atoms with E-state index < -0.39 is 0 Å². The maximum atomic E-state index is 6.66. The summed E-state index contributed by atoms with van der Waals surface area (Å²) in [6.07, 6.45) is 0. The molecule has 0 radical (unpaired) electrons. The molecule has 0 spiro atoms. The van der Waals surface area contributed by atoms with Gasteiger partial charge in [-0.05, 0) is 47.3 Å². The molecule has 0 saturated carbocycles. The summed E-state index contributed by atoms with van der Waals surface area (Å²) < 4.78 is 6.66. The minimum atomic E-state index is 0.870. The Morgan fingerprint density at radius 1 is 0.447 bits per heavy atom. The Labute approximate surface area is 222 Å². The number of furan rings is 1. The molecule has 0 aliphatic heterocycles. The van der Waals surface area contributed by atoms with Gasteiger partial charge in [0.15, 0.2) is 0 Å². The summed E-state index contributed by atoms with van der Waals surface area (Å²) in [6, 6.07) is 53.0. The van der Waals surface area contributed by atoms with Crippen LogP contribution in [-0.2, 0) is 0 Å². The monoisotopic (exact) mass is 487 g/mol. The molecule has 38 heavy (non-hydrogen) atoms. The average Bonchev–Trinajstić information content (AvgIpc) is 3.38. The zero-order valence-electron chi connectivity index (χ0n) is 20.8. The first-order chi connectivity index (χ1) is 18.9. The van der Waals surface area contributed by atoms with E-state index in [4.69, 9.17) is 4.42 Å². The number of anilines is 3. The summed E-state index contributed by atoms with van der Waals surface area (Å²) in [7, 11) is 0. The second-order valence-corrected chi connectivity index (χ2v) is 9.35. The lowest BCUT2D eigenvalue weighted by Gasteiger charge is -2.28. The van der Waals surface area contributed by atoms with E-state index in [1.165, 1.54) is 10.8 Å². The lowest BCUT2D eigenvalue weighted by Crippen LogP contribution is -2.11. The molecule has 1 aromatic heterocycles. The summed E-state index contributed by atoms with van der Waals surface area (Å²) in [5.41, 5.74) is 7.45. The number of para-hydroxylation sites is 3. The number of hydrogen-bond donors (Lipinski definition) is 0. The summed E-state index contributed by atoms with van der Waals surface area (Å²) in [5, 5.41) is 3.51. The zero-order chi connectivity index (χ0) is 25.3. The Morgan fingerprint density at radius 2 is 1.05 bits per heavy atom. The maximum absolute atomic E-state index is 6.66. The first-order valence-corrected chi connectivity index (χ1v) is 12.9. The van der Waals surface area contributed by atoms with Crippen molar-refractivity contribution < 1.29 is 4.42 Å². The second kappa shape index (κ2) is 9.42. The van der Waals surface area contributed by atoms with Crippen molar-refractivity contribution in [2.45, 2.75) is 0 Å². The third-order valence-corrected chi connectivity index (χ3v) is 7.07. The number of fused-ring (bicyclic) bond motifs is 2. The zero-order valence-corrected chi connectivity index (χ0v) is 20.8. The largest absolute Gasteiger partial charge is 0.455 e.